The minimum Gasteiger partial charge on any atom is -0.423 e. The molecule has 0 radical (unpaired) electrons. The molecule has 0 bridgehead atoms. The van der Waals surface area contributed by atoms with E-state index in [2.05, 4.69) is 337 Å². The fraction of sp³-hybridized carbons (Fsp3) is 0. The van der Waals surface area contributed by atoms with E-state index in [9.17, 15) is 10.0 Å². The lowest BCUT2D eigenvalue weighted by Gasteiger charge is -2.19. The van der Waals surface area contributed by atoms with Gasteiger partial charge in [-0.05, 0) is 233 Å². The molecular formula is C96H62BBrO2. The Morgan fingerprint density at radius 2 is 0.440 bits per heavy atom. The third-order valence-corrected chi connectivity index (χ3v) is 20.9. The first-order valence-corrected chi connectivity index (χ1v) is 34.9. The van der Waals surface area contributed by atoms with E-state index in [1.807, 2.05) is 42.5 Å². The van der Waals surface area contributed by atoms with Gasteiger partial charge < -0.3 is 10.0 Å². The van der Waals surface area contributed by atoms with E-state index in [4.69, 9.17) is 0 Å². The highest BCUT2D eigenvalue weighted by molar-refractivity contribution is 9.10. The Bertz CT molecular complexity index is 6550. The zero-order valence-corrected chi connectivity index (χ0v) is 56.1. The van der Waals surface area contributed by atoms with Gasteiger partial charge >= 0.3 is 7.12 Å². The molecule has 20 aromatic rings. The van der Waals surface area contributed by atoms with Crippen LogP contribution in [0.4, 0.5) is 0 Å². The molecule has 0 aliphatic rings. The summed E-state index contributed by atoms with van der Waals surface area (Å²) in [6.07, 6.45) is 0. The summed E-state index contributed by atoms with van der Waals surface area (Å²) in [6.45, 7) is 0. The van der Waals surface area contributed by atoms with Crippen LogP contribution < -0.4 is 5.46 Å². The number of rotatable bonds is 6. The zero-order chi connectivity index (χ0) is 66.8. The molecule has 0 fully saturated rings. The van der Waals surface area contributed by atoms with E-state index in [-0.39, 0.29) is 0 Å². The molecule has 0 heterocycles. The van der Waals surface area contributed by atoms with Crippen LogP contribution in [0.15, 0.2) is 368 Å². The van der Waals surface area contributed by atoms with Crippen molar-refractivity contribution in [2.24, 2.45) is 0 Å². The van der Waals surface area contributed by atoms with Gasteiger partial charge in [-0.3, -0.25) is 0 Å². The Balaban J connectivity index is 0.000000117. The summed E-state index contributed by atoms with van der Waals surface area (Å²) >= 11 is 3.54. The molecule has 0 spiro atoms. The fourth-order valence-electron chi connectivity index (χ4n) is 15.7. The summed E-state index contributed by atoms with van der Waals surface area (Å²) in [4.78, 5) is 0. The third-order valence-electron chi connectivity index (χ3n) is 20.4. The Hall–Kier alpha value is -12.0. The second kappa shape index (κ2) is 25.4. The summed E-state index contributed by atoms with van der Waals surface area (Å²) in [5.74, 6) is 0. The molecule has 0 saturated carbocycles. The van der Waals surface area contributed by atoms with Gasteiger partial charge in [0.25, 0.3) is 0 Å². The topological polar surface area (TPSA) is 40.5 Å². The molecule has 468 valence electrons. The van der Waals surface area contributed by atoms with Gasteiger partial charge in [-0.1, -0.05) is 337 Å². The minimum absolute atomic E-state index is 0.560. The lowest BCUT2D eigenvalue weighted by molar-refractivity contribution is 0.426. The molecule has 0 unspecified atom stereocenters. The minimum atomic E-state index is -1.53. The zero-order valence-electron chi connectivity index (χ0n) is 54.5. The summed E-state index contributed by atoms with van der Waals surface area (Å²) in [7, 11) is -1.53. The van der Waals surface area contributed by atoms with Crippen LogP contribution in [0.5, 0.6) is 0 Å². The van der Waals surface area contributed by atoms with E-state index in [1.54, 1.807) is 0 Å². The molecule has 100 heavy (non-hydrogen) atoms. The van der Waals surface area contributed by atoms with Crippen LogP contribution in [-0.4, -0.2) is 17.2 Å². The lowest BCUT2D eigenvalue weighted by Crippen LogP contribution is -2.31. The van der Waals surface area contributed by atoms with Crippen LogP contribution in [-0.2, 0) is 0 Å². The molecule has 0 saturated heterocycles. The van der Waals surface area contributed by atoms with Crippen molar-refractivity contribution in [3.8, 4) is 55.6 Å². The highest BCUT2D eigenvalue weighted by Crippen LogP contribution is 2.47. The molecule has 2 N–H and O–H groups in total. The van der Waals surface area contributed by atoms with E-state index in [0.29, 0.717) is 5.46 Å². The summed E-state index contributed by atoms with van der Waals surface area (Å²) in [5, 5.41) is 49.4. The van der Waals surface area contributed by atoms with Crippen molar-refractivity contribution < 1.29 is 10.0 Å². The van der Waals surface area contributed by atoms with Gasteiger partial charge in [0.2, 0.25) is 0 Å². The molecule has 2 nitrogen and oxygen atoms in total. The maximum atomic E-state index is 10.1. The second-order valence-corrected chi connectivity index (χ2v) is 27.0. The Morgan fingerprint density at radius 3 is 0.860 bits per heavy atom. The molecule has 0 atom stereocenters. The fourth-order valence-corrected chi connectivity index (χ4v) is 16.1. The molecule has 0 amide bonds. The van der Waals surface area contributed by atoms with Crippen molar-refractivity contribution >= 4 is 158 Å². The first-order valence-electron chi connectivity index (χ1n) is 34.1. The van der Waals surface area contributed by atoms with Gasteiger partial charge in [0.05, 0.1) is 0 Å². The molecule has 0 aromatic heterocycles. The monoisotopic (exact) mass is 1340 g/mol. The number of hydrogen-bond donors (Lipinski definition) is 2. The van der Waals surface area contributed by atoms with Gasteiger partial charge in [0.15, 0.2) is 0 Å². The van der Waals surface area contributed by atoms with Crippen LogP contribution >= 0.6 is 15.9 Å². The summed E-state index contributed by atoms with van der Waals surface area (Å²) < 4.78 is 1.12. The van der Waals surface area contributed by atoms with Gasteiger partial charge in [0, 0.05) is 4.47 Å². The van der Waals surface area contributed by atoms with E-state index in [1.165, 1.54) is 152 Å². The quantitative estimate of drug-likeness (QED) is 0.0990. The normalized spacial score (nSPS) is 11.6. The van der Waals surface area contributed by atoms with E-state index < -0.39 is 7.12 Å². The molecule has 0 aliphatic carbocycles. The maximum absolute atomic E-state index is 10.1. The van der Waals surface area contributed by atoms with E-state index in [0.717, 1.165) is 37.1 Å². The first-order chi connectivity index (χ1) is 49.3. The molecule has 4 heteroatoms. The molecule has 20 rings (SSSR count). The van der Waals surface area contributed by atoms with Gasteiger partial charge in [-0.25, -0.2) is 0 Å². The average Bonchev–Trinajstić information content (AvgIpc) is 0.737. The maximum Gasteiger partial charge on any atom is 0.489 e. The Morgan fingerprint density at radius 1 is 0.180 bits per heavy atom. The average molecular weight is 1340 g/mol. The predicted molar refractivity (Wildman–Crippen MR) is 434 cm³/mol. The van der Waals surface area contributed by atoms with Crippen molar-refractivity contribution in [1.82, 2.24) is 0 Å². The van der Waals surface area contributed by atoms with Crippen molar-refractivity contribution in [1.29, 1.82) is 0 Å². The van der Waals surface area contributed by atoms with Crippen LogP contribution in [0.3, 0.4) is 0 Å². The van der Waals surface area contributed by atoms with Crippen molar-refractivity contribution in [3.05, 3.63) is 368 Å². The molecular weight excluding hydrogens is 1280 g/mol. The second-order valence-electron chi connectivity index (χ2n) is 26.1. The van der Waals surface area contributed by atoms with Crippen LogP contribution in [0.1, 0.15) is 0 Å². The molecule has 0 aliphatic heterocycles. The molecule has 20 aromatic carbocycles. The SMILES string of the molecule is Brc1ccc2cc(-c3ccc4c(ccc5ccccc54)c3)ccc2c1.OB(O)c1c2ccccc2c(-c2cccc3ccccc23)c2ccccc12.c1ccc2c(-c3c4ccccc4c(-c4ccc5cc(-c6ccc7c(ccc8ccccc87)c6)ccc5c4)c4ccccc34)cccc2c1. The summed E-state index contributed by atoms with van der Waals surface area (Å²) in [6, 6.07) is 131. The number of halogens is 1. The van der Waals surface area contributed by atoms with Crippen LogP contribution in [0.2, 0.25) is 0 Å². The number of benzene rings is 20. The van der Waals surface area contributed by atoms with E-state index >= 15 is 0 Å². The van der Waals surface area contributed by atoms with Gasteiger partial charge in [-0.15, -0.1) is 0 Å². The number of fused-ring (bicyclic) bond motifs is 14. The Labute approximate surface area is 587 Å². The van der Waals surface area contributed by atoms with Crippen molar-refractivity contribution in [2.75, 3.05) is 0 Å². The van der Waals surface area contributed by atoms with Gasteiger partial charge in [-0.2, -0.15) is 0 Å². The van der Waals surface area contributed by atoms with Crippen molar-refractivity contribution in [3.63, 3.8) is 0 Å². The van der Waals surface area contributed by atoms with Gasteiger partial charge in [0.1, 0.15) is 0 Å². The smallest absolute Gasteiger partial charge is 0.423 e. The highest BCUT2D eigenvalue weighted by Gasteiger charge is 2.24. The predicted octanol–water partition coefficient (Wildman–Crippen LogP) is 25.7. The largest absolute Gasteiger partial charge is 0.489 e. The van der Waals surface area contributed by atoms with Crippen LogP contribution in [0, 0.1) is 0 Å². The summed E-state index contributed by atoms with van der Waals surface area (Å²) in [5.41, 5.74) is 12.9. The van der Waals surface area contributed by atoms with Crippen molar-refractivity contribution in [2.45, 2.75) is 0 Å². The highest BCUT2D eigenvalue weighted by atomic mass is 79.9. The lowest BCUT2D eigenvalue weighted by atomic mass is 9.72. The van der Waals surface area contributed by atoms with Crippen LogP contribution in [0.25, 0.3) is 185 Å². The Kier molecular flexibility index (Phi) is 15.4. The first kappa shape index (κ1) is 60.4. The number of hydrogen-bond acceptors (Lipinski definition) is 2. The third kappa shape index (κ3) is 10.8. The standard InChI is InChI=1S/C48H30.C24H17BO2.C24H15Br/c1-4-14-40-31(10-1)12-9-19-42(40)48-45-17-7-5-15-43(45)47(44-16-6-8-18-46(44)48)38-25-23-34-28-33(21-22-35(34)30-38)36-26-27-41-37(29-36)24-20-32-11-2-3-13-39(32)41;26-25(27)24-21-13-5-3-11-19(21)23(20-12-4-6-14-22(20)24)18-15-7-9-16-8-1-2-10-17(16)18;25-22-11-9-18-13-17(6-7-20(18)15-22)19-10-12-24-21(14-19)8-5-16-3-1-2-4-23(16)24/h1-30H;1-15,26-27H;1-15H.